The van der Waals surface area contributed by atoms with Gasteiger partial charge in [-0.2, -0.15) is 0 Å². The molecule has 0 saturated heterocycles. The Balaban J connectivity index is 1.76. The molecule has 2 heterocycles. The molecule has 0 aliphatic carbocycles. The Morgan fingerprint density at radius 2 is 1.65 bits per heavy atom. The highest BCUT2D eigenvalue weighted by Gasteiger charge is 2.25. The zero-order chi connectivity index (χ0) is 18.3. The minimum Gasteiger partial charge on any atom is -0.309 e. The Labute approximate surface area is 158 Å². The minimum absolute atomic E-state index is 0.261. The second-order valence-corrected chi connectivity index (χ2v) is 7.25. The van der Waals surface area contributed by atoms with Crippen LogP contribution in [0.4, 0.5) is 11.6 Å². The summed E-state index contributed by atoms with van der Waals surface area (Å²) in [5.41, 5.74) is 1.91. The highest BCUT2D eigenvalue weighted by molar-refractivity contribution is 9.10. The maximum absolute atomic E-state index is 12.5. The van der Waals surface area contributed by atoms with E-state index in [0.717, 1.165) is 15.7 Å². The number of benzene rings is 2. The van der Waals surface area contributed by atoms with E-state index in [-0.39, 0.29) is 6.54 Å². The molecule has 6 nitrogen and oxygen atoms in total. The largest absolute Gasteiger partial charge is 0.333 e. The highest BCUT2D eigenvalue weighted by atomic mass is 79.9. The van der Waals surface area contributed by atoms with Gasteiger partial charge in [0.1, 0.15) is 0 Å². The van der Waals surface area contributed by atoms with Gasteiger partial charge < -0.3 is 4.90 Å². The lowest BCUT2D eigenvalue weighted by Gasteiger charge is -2.18. The monoisotopic (exact) mass is 412 g/mol. The van der Waals surface area contributed by atoms with E-state index < -0.39 is 11.1 Å². The Morgan fingerprint density at radius 1 is 0.962 bits per heavy atom. The second kappa shape index (κ2) is 6.57. The first-order valence-corrected chi connectivity index (χ1v) is 9.13. The van der Waals surface area contributed by atoms with Crippen molar-refractivity contribution in [1.82, 2.24) is 14.3 Å². The summed E-state index contributed by atoms with van der Waals surface area (Å²) in [4.78, 5) is 26.9. The van der Waals surface area contributed by atoms with Crippen molar-refractivity contribution in [3.63, 3.8) is 0 Å². The van der Waals surface area contributed by atoms with Gasteiger partial charge in [0, 0.05) is 23.2 Å². The maximum Gasteiger partial charge on any atom is 0.333 e. The fourth-order valence-electron chi connectivity index (χ4n) is 3.06. The number of rotatable bonds is 3. The standard InChI is InChI=1S/C19H17BrN4O2/c1-13-2-8-16(9-3-13)22-10-11-23-17(25)18(26)24(21-19(22)23)12-14-4-6-15(20)7-5-14/h2-9H,10-12H2,1H3. The Bertz CT molecular complexity index is 1070. The predicted molar refractivity (Wildman–Crippen MR) is 104 cm³/mol. The summed E-state index contributed by atoms with van der Waals surface area (Å²) < 4.78 is 3.67. The van der Waals surface area contributed by atoms with Crippen LogP contribution in [0.25, 0.3) is 0 Å². The van der Waals surface area contributed by atoms with Gasteiger partial charge in [-0.15, -0.1) is 5.10 Å². The van der Waals surface area contributed by atoms with Gasteiger partial charge in [0.15, 0.2) is 0 Å². The molecule has 4 rings (SSSR count). The lowest BCUT2D eigenvalue weighted by molar-refractivity contribution is 0.591. The number of halogens is 1. The van der Waals surface area contributed by atoms with Gasteiger partial charge in [-0.3, -0.25) is 14.2 Å². The van der Waals surface area contributed by atoms with Crippen LogP contribution in [0.2, 0.25) is 0 Å². The molecule has 0 saturated carbocycles. The molecule has 0 amide bonds. The van der Waals surface area contributed by atoms with Crippen LogP contribution in [0, 0.1) is 6.92 Å². The molecule has 0 radical (unpaired) electrons. The van der Waals surface area contributed by atoms with Crippen LogP contribution in [-0.4, -0.2) is 20.9 Å². The molecule has 0 fully saturated rings. The second-order valence-electron chi connectivity index (χ2n) is 6.33. The Kier molecular flexibility index (Phi) is 4.24. The summed E-state index contributed by atoms with van der Waals surface area (Å²) in [6.07, 6.45) is 0. The van der Waals surface area contributed by atoms with Crippen molar-refractivity contribution in [1.29, 1.82) is 0 Å². The number of anilines is 2. The van der Waals surface area contributed by atoms with E-state index in [0.29, 0.717) is 19.0 Å². The van der Waals surface area contributed by atoms with E-state index >= 15 is 0 Å². The van der Waals surface area contributed by atoms with Gasteiger partial charge in [-0.25, -0.2) is 4.68 Å². The molecule has 1 aliphatic rings. The van der Waals surface area contributed by atoms with Crippen molar-refractivity contribution in [2.24, 2.45) is 0 Å². The van der Waals surface area contributed by atoms with Gasteiger partial charge in [0.05, 0.1) is 6.54 Å². The first-order valence-electron chi connectivity index (χ1n) is 8.33. The first kappa shape index (κ1) is 16.8. The molecule has 1 aromatic heterocycles. The van der Waals surface area contributed by atoms with Crippen molar-refractivity contribution >= 4 is 27.6 Å². The van der Waals surface area contributed by atoms with Crippen molar-refractivity contribution in [2.45, 2.75) is 20.0 Å². The lowest BCUT2D eigenvalue weighted by atomic mass is 10.2. The van der Waals surface area contributed by atoms with Gasteiger partial charge in [0.2, 0.25) is 5.95 Å². The number of fused-ring (bicyclic) bond motifs is 1. The minimum atomic E-state index is -0.595. The number of hydrogen-bond acceptors (Lipinski definition) is 4. The quantitative estimate of drug-likeness (QED) is 0.620. The number of aryl methyl sites for hydroxylation is 1. The first-order chi connectivity index (χ1) is 12.5. The SMILES string of the molecule is Cc1ccc(N2CCn3c2nn(Cc2ccc(Br)cc2)c(=O)c3=O)cc1. The Morgan fingerprint density at radius 3 is 2.35 bits per heavy atom. The molecule has 26 heavy (non-hydrogen) atoms. The molecule has 2 aromatic carbocycles. The number of hydrogen-bond donors (Lipinski definition) is 0. The average Bonchev–Trinajstić information content (AvgIpc) is 3.06. The van der Waals surface area contributed by atoms with E-state index in [9.17, 15) is 9.59 Å². The third kappa shape index (κ3) is 2.99. The summed E-state index contributed by atoms with van der Waals surface area (Å²) in [5, 5.41) is 4.49. The van der Waals surface area contributed by atoms with Gasteiger partial charge in [0.25, 0.3) is 0 Å². The summed E-state index contributed by atoms with van der Waals surface area (Å²) >= 11 is 3.39. The molecule has 1 aliphatic heterocycles. The van der Waals surface area contributed by atoms with Crippen LogP contribution in [0.1, 0.15) is 11.1 Å². The molecule has 0 unspecified atom stereocenters. The number of aromatic nitrogens is 3. The molecule has 3 aromatic rings. The summed E-state index contributed by atoms with van der Waals surface area (Å²) in [6.45, 7) is 3.37. The molecule has 0 bridgehead atoms. The smallest absolute Gasteiger partial charge is 0.309 e. The molecular weight excluding hydrogens is 396 g/mol. The zero-order valence-electron chi connectivity index (χ0n) is 14.2. The van der Waals surface area contributed by atoms with Gasteiger partial charge in [-0.05, 0) is 36.8 Å². The fraction of sp³-hybridized carbons (Fsp3) is 0.211. The summed E-state index contributed by atoms with van der Waals surface area (Å²) in [7, 11) is 0. The fourth-order valence-corrected chi connectivity index (χ4v) is 3.33. The van der Waals surface area contributed by atoms with Crippen LogP contribution in [0.15, 0.2) is 62.6 Å². The van der Waals surface area contributed by atoms with Crippen molar-refractivity contribution in [3.05, 3.63) is 84.8 Å². The van der Waals surface area contributed by atoms with Gasteiger partial charge in [-0.1, -0.05) is 45.8 Å². The van der Waals surface area contributed by atoms with Crippen molar-refractivity contribution in [2.75, 3.05) is 11.4 Å². The third-order valence-corrected chi connectivity index (χ3v) is 5.02. The van der Waals surface area contributed by atoms with E-state index in [2.05, 4.69) is 21.0 Å². The summed E-state index contributed by atoms with van der Waals surface area (Å²) in [6, 6.07) is 15.7. The van der Waals surface area contributed by atoms with Crippen LogP contribution in [0.3, 0.4) is 0 Å². The maximum atomic E-state index is 12.5. The zero-order valence-corrected chi connectivity index (χ0v) is 15.8. The van der Waals surface area contributed by atoms with E-state index in [1.807, 2.05) is 60.4 Å². The molecule has 132 valence electrons. The topological polar surface area (TPSA) is 60.1 Å². The van der Waals surface area contributed by atoms with E-state index in [1.54, 1.807) is 0 Å². The van der Waals surface area contributed by atoms with Crippen LogP contribution < -0.4 is 16.0 Å². The van der Waals surface area contributed by atoms with Gasteiger partial charge >= 0.3 is 11.1 Å². The summed E-state index contributed by atoms with van der Waals surface area (Å²) in [5.74, 6) is 0.510. The predicted octanol–water partition coefficient (Wildman–Crippen LogP) is 2.68. The van der Waals surface area contributed by atoms with Crippen LogP contribution in [-0.2, 0) is 13.1 Å². The normalized spacial score (nSPS) is 13.1. The number of nitrogens with zero attached hydrogens (tertiary/aromatic N) is 4. The molecule has 0 N–H and O–H groups in total. The van der Waals surface area contributed by atoms with E-state index in [4.69, 9.17) is 0 Å². The van der Waals surface area contributed by atoms with E-state index in [1.165, 1.54) is 14.8 Å². The van der Waals surface area contributed by atoms with Crippen molar-refractivity contribution < 1.29 is 0 Å². The van der Waals surface area contributed by atoms with Crippen molar-refractivity contribution in [3.8, 4) is 0 Å². The van der Waals surface area contributed by atoms with Crippen LogP contribution >= 0.6 is 15.9 Å². The molecular formula is C19H17BrN4O2. The lowest BCUT2D eigenvalue weighted by Crippen LogP contribution is -2.42. The Hall–Kier alpha value is -2.67. The van der Waals surface area contributed by atoms with Crippen LogP contribution in [0.5, 0.6) is 0 Å². The average molecular weight is 413 g/mol. The molecule has 0 atom stereocenters. The third-order valence-electron chi connectivity index (χ3n) is 4.49. The molecule has 7 heteroatoms. The highest BCUT2D eigenvalue weighted by Crippen LogP contribution is 2.26. The molecule has 0 spiro atoms.